The van der Waals surface area contributed by atoms with Crippen molar-refractivity contribution in [2.24, 2.45) is 0 Å². The van der Waals surface area contributed by atoms with Crippen LogP contribution in [0.3, 0.4) is 0 Å². The van der Waals surface area contributed by atoms with Gasteiger partial charge in [0.05, 0.1) is 28.4 Å². The number of pyridine rings is 2. The van der Waals surface area contributed by atoms with E-state index in [4.69, 9.17) is 4.74 Å². The van der Waals surface area contributed by atoms with Crippen molar-refractivity contribution in [3.8, 4) is 16.9 Å². The molecule has 5 rings (SSSR count). The average molecular weight is 585 g/mol. The van der Waals surface area contributed by atoms with Crippen molar-refractivity contribution in [3.05, 3.63) is 102 Å². The van der Waals surface area contributed by atoms with E-state index in [0.29, 0.717) is 19.2 Å². The second-order valence-corrected chi connectivity index (χ2v) is 11.3. The van der Waals surface area contributed by atoms with Gasteiger partial charge in [-0.15, -0.1) is 0 Å². The second-order valence-electron chi connectivity index (χ2n) is 9.61. The zero-order valence-electron chi connectivity index (χ0n) is 21.7. The Morgan fingerprint density at radius 2 is 1.76 bits per heavy atom. The molecule has 2 unspecified atom stereocenters. The van der Waals surface area contributed by atoms with E-state index < -0.39 is 33.6 Å². The number of aliphatic hydroxyl groups is 1. The Labute approximate surface area is 235 Å². The number of aliphatic hydroxyl groups excluding tert-OH is 1. The number of aromatic nitrogens is 2. The Hall–Kier alpha value is -4.00. The van der Waals surface area contributed by atoms with Gasteiger partial charge in [-0.3, -0.25) is 14.7 Å². The number of hydrogen-bond acceptors (Lipinski definition) is 7. The molecule has 8 nitrogen and oxygen atoms in total. The number of anilines is 1. The van der Waals surface area contributed by atoms with E-state index in [1.807, 2.05) is 29.0 Å². The standard InChI is InChI=1S/C29H27F3N4O4S/c30-29(31,32)25-11-13-34-17-26(25)36-41(38,39)24-8-4-19(5-9-24)20-6-10-28-21(14-20)3-7-23(40-28)16-35-18-27(37)22-2-1-12-33-15-22/h1-2,4-6,8-15,17,23,27,35-37H,3,7,16,18H2. The monoisotopic (exact) mass is 584 g/mol. The summed E-state index contributed by atoms with van der Waals surface area (Å²) in [6, 6.07) is 15.9. The third-order valence-corrected chi connectivity index (χ3v) is 8.12. The van der Waals surface area contributed by atoms with Crippen molar-refractivity contribution in [2.45, 2.75) is 36.1 Å². The summed E-state index contributed by atoms with van der Waals surface area (Å²) < 4.78 is 73.5. The molecule has 0 saturated heterocycles. The first-order valence-electron chi connectivity index (χ1n) is 12.8. The molecule has 1 aliphatic heterocycles. The van der Waals surface area contributed by atoms with Crippen molar-refractivity contribution in [1.82, 2.24) is 15.3 Å². The maximum atomic E-state index is 13.3. The number of benzene rings is 2. The molecule has 0 radical (unpaired) electrons. The van der Waals surface area contributed by atoms with Gasteiger partial charge in [-0.1, -0.05) is 24.3 Å². The fourth-order valence-corrected chi connectivity index (χ4v) is 5.66. The lowest BCUT2D eigenvalue weighted by Crippen LogP contribution is -2.36. The molecule has 3 N–H and O–H groups in total. The molecule has 0 bridgehead atoms. The number of aryl methyl sites for hydroxylation is 1. The number of rotatable bonds is 9. The molecule has 12 heteroatoms. The van der Waals surface area contributed by atoms with E-state index >= 15 is 0 Å². The number of hydrogen-bond donors (Lipinski definition) is 3. The smallest absolute Gasteiger partial charge is 0.418 e. The molecule has 0 amide bonds. The van der Waals surface area contributed by atoms with Crippen LogP contribution >= 0.6 is 0 Å². The minimum absolute atomic E-state index is 0.0517. The van der Waals surface area contributed by atoms with E-state index in [-0.39, 0.29) is 11.0 Å². The van der Waals surface area contributed by atoms with Gasteiger partial charge >= 0.3 is 6.18 Å². The van der Waals surface area contributed by atoms with Crippen LogP contribution in [0.2, 0.25) is 0 Å². The minimum atomic E-state index is -4.74. The Kier molecular flexibility index (Phi) is 8.25. The van der Waals surface area contributed by atoms with Gasteiger partial charge in [0.25, 0.3) is 10.0 Å². The van der Waals surface area contributed by atoms with Gasteiger partial charge in [0, 0.05) is 37.2 Å². The number of ether oxygens (including phenoxy) is 1. The first-order valence-corrected chi connectivity index (χ1v) is 14.3. The predicted octanol–water partition coefficient (Wildman–Crippen LogP) is 4.98. The first-order chi connectivity index (χ1) is 19.6. The molecule has 2 aromatic carbocycles. The first kappa shape index (κ1) is 28.5. The highest BCUT2D eigenvalue weighted by atomic mass is 32.2. The number of sulfonamides is 1. The zero-order chi connectivity index (χ0) is 29.0. The fourth-order valence-electron chi connectivity index (χ4n) is 4.59. The van der Waals surface area contributed by atoms with Gasteiger partial charge in [0.2, 0.25) is 0 Å². The molecule has 0 spiro atoms. The summed E-state index contributed by atoms with van der Waals surface area (Å²) in [4.78, 5) is 7.45. The summed E-state index contributed by atoms with van der Waals surface area (Å²) >= 11 is 0. The van der Waals surface area contributed by atoms with Crippen LogP contribution in [0.15, 0.2) is 90.3 Å². The van der Waals surface area contributed by atoms with Crippen molar-refractivity contribution in [2.75, 3.05) is 17.8 Å². The predicted molar refractivity (Wildman–Crippen MR) is 147 cm³/mol. The third kappa shape index (κ3) is 6.84. The van der Waals surface area contributed by atoms with Gasteiger partial charge in [-0.05, 0) is 65.9 Å². The van der Waals surface area contributed by atoms with Crippen LogP contribution in [0.1, 0.15) is 29.2 Å². The molecule has 3 heterocycles. The number of halogens is 3. The van der Waals surface area contributed by atoms with Crippen molar-refractivity contribution in [3.63, 3.8) is 0 Å². The van der Waals surface area contributed by atoms with Crippen molar-refractivity contribution < 1.29 is 31.4 Å². The summed E-state index contributed by atoms with van der Waals surface area (Å²) in [5.41, 5.74) is 1.60. The summed E-state index contributed by atoms with van der Waals surface area (Å²) in [5, 5.41) is 13.5. The maximum Gasteiger partial charge on any atom is 0.418 e. The van der Waals surface area contributed by atoms with Gasteiger partial charge in [-0.2, -0.15) is 13.2 Å². The lowest BCUT2D eigenvalue weighted by molar-refractivity contribution is -0.136. The van der Waals surface area contributed by atoms with E-state index in [1.165, 1.54) is 12.1 Å². The molecule has 0 fully saturated rings. The average Bonchev–Trinajstić information content (AvgIpc) is 2.97. The second kappa shape index (κ2) is 11.9. The molecule has 1 aliphatic rings. The van der Waals surface area contributed by atoms with Crippen LogP contribution in [-0.2, 0) is 22.6 Å². The molecule has 41 heavy (non-hydrogen) atoms. The molecular weight excluding hydrogens is 557 g/mol. The van der Waals surface area contributed by atoms with Crippen LogP contribution in [0, 0.1) is 0 Å². The molecule has 214 valence electrons. The Bertz CT molecular complexity index is 1600. The summed E-state index contributed by atoms with van der Waals surface area (Å²) in [6.07, 6.45) is 1.19. The highest BCUT2D eigenvalue weighted by Gasteiger charge is 2.34. The molecule has 4 aromatic rings. The van der Waals surface area contributed by atoms with Crippen LogP contribution in [-0.4, -0.2) is 42.7 Å². The highest BCUT2D eigenvalue weighted by molar-refractivity contribution is 7.92. The fraction of sp³-hybridized carbons (Fsp3) is 0.241. The quantitative estimate of drug-likeness (QED) is 0.254. The third-order valence-electron chi connectivity index (χ3n) is 6.74. The number of fused-ring (bicyclic) bond motifs is 1. The highest BCUT2D eigenvalue weighted by Crippen LogP contribution is 2.36. The number of alkyl halides is 3. The molecular formula is C29H27F3N4O4S. The van der Waals surface area contributed by atoms with Crippen molar-refractivity contribution >= 4 is 15.7 Å². The van der Waals surface area contributed by atoms with Gasteiger partial charge < -0.3 is 15.2 Å². The maximum absolute atomic E-state index is 13.3. The topological polar surface area (TPSA) is 113 Å². The molecule has 2 aromatic heterocycles. The van der Waals surface area contributed by atoms with Gasteiger partial charge in [0.15, 0.2) is 0 Å². The largest absolute Gasteiger partial charge is 0.489 e. The molecule has 0 aliphatic carbocycles. The summed E-state index contributed by atoms with van der Waals surface area (Å²) in [7, 11) is -4.28. The van der Waals surface area contributed by atoms with E-state index in [0.717, 1.165) is 53.2 Å². The van der Waals surface area contributed by atoms with Crippen molar-refractivity contribution in [1.29, 1.82) is 0 Å². The van der Waals surface area contributed by atoms with E-state index in [1.54, 1.807) is 30.6 Å². The van der Waals surface area contributed by atoms with Crippen LogP contribution in [0.5, 0.6) is 5.75 Å². The number of nitrogens with zero attached hydrogens (tertiary/aromatic N) is 2. The Morgan fingerprint density at radius 3 is 2.49 bits per heavy atom. The van der Waals surface area contributed by atoms with Gasteiger partial charge in [0.1, 0.15) is 11.9 Å². The van der Waals surface area contributed by atoms with Crippen LogP contribution in [0.4, 0.5) is 18.9 Å². The Balaban J connectivity index is 1.21. The van der Waals surface area contributed by atoms with E-state index in [9.17, 15) is 26.7 Å². The lowest BCUT2D eigenvalue weighted by atomic mass is 9.97. The molecule has 0 saturated carbocycles. The summed E-state index contributed by atoms with van der Waals surface area (Å²) in [6.45, 7) is 0.955. The van der Waals surface area contributed by atoms with Gasteiger partial charge in [-0.25, -0.2) is 8.42 Å². The Morgan fingerprint density at radius 1 is 1.00 bits per heavy atom. The SMILES string of the molecule is O=S(=O)(Nc1cnccc1C(F)(F)F)c1ccc(-c2ccc3c(c2)CCC(CNCC(O)c2cccnc2)O3)cc1. The lowest BCUT2D eigenvalue weighted by Gasteiger charge is -2.27. The number of nitrogens with one attached hydrogen (secondary N) is 2. The molecule has 2 atom stereocenters. The zero-order valence-corrected chi connectivity index (χ0v) is 22.5. The van der Waals surface area contributed by atoms with Crippen LogP contribution in [0.25, 0.3) is 11.1 Å². The minimum Gasteiger partial charge on any atom is -0.489 e. The van der Waals surface area contributed by atoms with Crippen LogP contribution < -0.4 is 14.8 Å². The normalized spacial score (nSPS) is 16.0. The summed E-state index contributed by atoms with van der Waals surface area (Å²) in [5.74, 6) is 0.764. The van der Waals surface area contributed by atoms with E-state index in [2.05, 4.69) is 15.3 Å².